The van der Waals surface area contributed by atoms with Crippen molar-refractivity contribution in [1.82, 2.24) is 5.32 Å². The number of amides is 2. The maximum Gasteiger partial charge on any atom is 0.417 e. The molecule has 0 aromatic heterocycles. The molecule has 2 N–H and O–H groups in total. The van der Waals surface area contributed by atoms with Crippen molar-refractivity contribution in [3.63, 3.8) is 0 Å². The minimum absolute atomic E-state index is 0.566. The molecule has 0 saturated carbocycles. The second-order valence-electron chi connectivity index (χ2n) is 3.71. The highest BCUT2D eigenvalue weighted by molar-refractivity contribution is 5.89. The van der Waals surface area contributed by atoms with E-state index in [1.54, 1.807) is 0 Å². The van der Waals surface area contributed by atoms with Gasteiger partial charge in [0.25, 0.3) is 0 Å². The summed E-state index contributed by atoms with van der Waals surface area (Å²) < 4.78 is 99.2. The number of carbonyl (C=O) groups excluding carboxylic acids is 1. The summed E-state index contributed by atoms with van der Waals surface area (Å²) in [6.07, 6.45) is -11.6. The van der Waals surface area contributed by atoms with Crippen LogP contribution in [0.4, 0.5) is 45.6 Å². The molecule has 0 radical (unpaired) electrons. The number of nitrogens with one attached hydrogen (secondary N) is 2. The van der Waals surface area contributed by atoms with Gasteiger partial charge in [0.05, 0.1) is 0 Å². The maximum atomic E-state index is 13.1. The number of urea groups is 1. The molecule has 0 saturated heterocycles. The number of halogens is 8. The lowest BCUT2D eigenvalue weighted by Crippen LogP contribution is -2.55. The van der Waals surface area contributed by atoms with Crippen molar-refractivity contribution in [1.29, 1.82) is 0 Å². The standard InChI is InChI=1S/C10H6F8N2O/c11-4-2-1-3-5(12)6(4)19-8(21)20-7(9(13,14)15)10(16,17)18/h1-3,7H,(H2,19,20,21). The van der Waals surface area contributed by atoms with Gasteiger partial charge in [-0.05, 0) is 12.1 Å². The summed E-state index contributed by atoms with van der Waals surface area (Å²) in [5, 5.41) is 1.82. The molecule has 3 nitrogen and oxygen atoms in total. The maximum absolute atomic E-state index is 13.1. The van der Waals surface area contributed by atoms with Gasteiger partial charge < -0.3 is 10.6 Å². The molecule has 0 aliphatic carbocycles. The van der Waals surface area contributed by atoms with E-state index in [1.165, 1.54) is 5.32 Å². The molecule has 1 rings (SSSR count). The van der Waals surface area contributed by atoms with E-state index >= 15 is 0 Å². The Morgan fingerprint density at radius 2 is 1.38 bits per heavy atom. The van der Waals surface area contributed by atoms with E-state index in [9.17, 15) is 39.9 Å². The molecule has 0 atom stereocenters. The van der Waals surface area contributed by atoms with Crippen LogP contribution in [0.2, 0.25) is 0 Å². The molecule has 21 heavy (non-hydrogen) atoms. The van der Waals surface area contributed by atoms with Crippen molar-refractivity contribution in [2.24, 2.45) is 0 Å². The number of hydrogen-bond donors (Lipinski definition) is 2. The van der Waals surface area contributed by atoms with Gasteiger partial charge >= 0.3 is 18.4 Å². The molecule has 2 amide bonds. The monoisotopic (exact) mass is 322 g/mol. The first-order valence-electron chi connectivity index (χ1n) is 5.08. The Balaban J connectivity index is 2.90. The average Bonchev–Trinajstić information content (AvgIpc) is 2.28. The number of anilines is 1. The second-order valence-corrected chi connectivity index (χ2v) is 3.71. The van der Waals surface area contributed by atoms with E-state index in [0.717, 1.165) is 6.07 Å². The Bertz CT molecular complexity index is 491. The van der Waals surface area contributed by atoms with Crippen LogP contribution in [0.1, 0.15) is 0 Å². The lowest BCUT2D eigenvalue weighted by molar-refractivity contribution is -0.255. The molecule has 1 aromatic carbocycles. The van der Waals surface area contributed by atoms with E-state index in [4.69, 9.17) is 0 Å². The number of benzene rings is 1. The molecule has 0 spiro atoms. The smallest absolute Gasteiger partial charge is 0.318 e. The van der Waals surface area contributed by atoms with Crippen LogP contribution in [-0.4, -0.2) is 24.4 Å². The number of para-hydroxylation sites is 1. The quantitative estimate of drug-likeness (QED) is 0.803. The van der Waals surface area contributed by atoms with Gasteiger partial charge in [0, 0.05) is 0 Å². The fraction of sp³-hybridized carbons (Fsp3) is 0.300. The van der Waals surface area contributed by atoms with Gasteiger partial charge in [-0.1, -0.05) is 6.07 Å². The Morgan fingerprint density at radius 3 is 1.76 bits per heavy atom. The van der Waals surface area contributed by atoms with Crippen molar-refractivity contribution in [3.8, 4) is 0 Å². The van der Waals surface area contributed by atoms with Gasteiger partial charge in [-0.15, -0.1) is 0 Å². The molecule has 118 valence electrons. The van der Waals surface area contributed by atoms with Crippen LogP contribution in [0.5, 0.6) is 0 Å². The Morgan fingerprint density at radius 1 is 0.952 bits per heavy atom. The van der Waals surface area contributed by atoms with Gasteiger partial charge in [0.2, 0.25) is 6.04 Å². The first-order valence-corrected chi connectivity index (χ1v) is 5.08. The van der Waals surface area contributed by atoms with E-state index in [1.807, 2.05) is 0 Å². The van der Waals surface area contributed by atoms with Crippen LogP contribution < -0.4 is 10.6 Å². The number of alkyl halides is 6. The largest absolute Gasteiger partial charge is 0.417 e. The number of rotatable bonds is 2. The van der Waals surface area contributed by atoms with E-state index in [2.05, 4.69) is 0 Å². The summed E-state index contributed by atoms with van der Waals surface area (Å²) in [6.45, 7) is 0. The normalized spacial score (nSPS) is 12.4. The Kier molecular flexibility index (Phi) is 4.64. The minimum Gasteiger partial charge on any atom is -0.318 e. The van der Waals surface area contributed by atoms with Gasteiger partial charge in [-0.3, -0.25) is 0 Å². The summed E-state index contributed by atoms with van der Waals surface area (Å²) in [5.74, 6) is -2.72. The van der Waals surface area contributed by atoms with E-state index in [-0.39, 0.29) is 0 Å². The first-order chi connectivity index (χ1) is 9.43. The molecule has 0 aliphatic heterocycles. The lowest BCUT2D eigenvalue weighted by atomic mass is 10.2. The molecule has 0 fully saturated rings. The van der Waals surface area contributed by atoms with E-state index in [0.29, 0.717) is 17.4 Å². The highest BCUT2D eigenvalue weighted by Crippen LogP contribution is 2.33. The molecule has 0 unspecified atom stereocenters. The van der Waals surface area contributed by atoms with E-state index < -0.39 is 41.7 Å². The van der Waals surface area contributed by atoms with Crippen molar-refractivity contribution >= 4 is 11.7 Å². The lowest BCUT2D eigenvalue weighted by Gasteiger charge is -2.24. The minimum atomic E-state index is -5.82. The first kappa shape index (κ1) is 17.0. The van der Waals surface area contributed by atoms with Crippen LogP contribution >= 0.6 is 0 Å². The Labute approximate surface area is 111 Å². The van der Waals surface area contributed by atoms with Gasteiger partial charge in [0.1, 0.15) is 17.3 Å². The molecule has 0 bridgehead atoms. The predicted octanol–water partition coefficient (Wildman–Crippen LogP) is 3.58. The van der Waals surface area contributed by atoms with Crippen molar-refractivity contribution in [2.75, 3.05) is 5.32 Å². The van der Waals surface area contributed by atoms with Gasteiger partial charge in [-0.25, -0.2) is 13.6 Å². The molecular weight excluding hydrogens is 316 g/mol. The molecule has 0 aliphatic rings. The third kappa shape index (κ3) is 4.46. The second kappa shape index (κ2) is 5.74. The van der Waals surface area contributed by atoms with Gasteiger partial charge in [-0.2, -0.15) is 26.3 Å². The van der Waals surface area contributed by atoms with Crippen molar-refractivity contribution in [3.05, 3.63) is 29.8 Å². The Hall–Kier alpha value is -2.07. The summed E-state index contributed by atoms with van der Waals surface area (Å²) in [7, 11) is 0. The topological polar surface area (TPSA) is 41.1 Å². The molecular formula is C10H6F8N2O. The van der Waals surface area contributed by atoms with Crippen LogP contribution in [0, 0.1) is 11.6 Å². The van der Waals surface area contributed by atoms with Crippen LogP contribution in [0.25, 0.3) is 0 Å². The summed E-state index contributed by atoms with van der Waals surface area (Å²) in [6, 6.07) is -4.02. The fourth-order valence-electron chi connectivity index (χ4n) is 1.25. The molecule has 1 aromatic rings. The highest BCUT2D eigenvalue weighted by atomic mass is 19.4. The SMILES string of the molecule is O=C(Nc1c(F)cccc1F)NC(C(F)(F)F)C(F)(F)F. The third-order valence-electron chi connectivity index (χ3n) is 2.13. The van der Waals surface area contributed by atoms with Crippen LogP contribution in [0.3, 0.4) is 0 Å². The molecule has 0 heterocycles. The zero-order chi connectivity index (χ0) is 16.4. The zero-order valence-corrected chi connectivity index (χ0v) is 9.74. The fourth-order valence-corrected chi connectivity index (χ4v) is 1.25. The van der Waals surface area contributed by atoms with Crippen molar-refractivity contribution < 1.29 is 39.9 Å². The molecule has 11 heteroatoms. The summed E-state index contributed by atoms with van der Waals surface area (Å²) in [5.41, 5.74) is -1.17. The van der Waals surface area contributed by atoms with Crippen LogP contribution in [0.15, 0.2) is 18.2 Å². The van der Waals surface area contributed by atoms with Gasteiger partial charge in [0.15, 0.2) is 0 Å². The third-order valence-corrected chi connectivity index (χ3v) is 2.13. The van der Waals surface area contributed by atoms with Crippen molar-refractivity contribution in [2.45, 2.75) is 18.4 Å². The zero-order valence-electron chi connectivity index (χ0n) is 9.74. The summed E-state index contributed by atoms with van der Waals surface area (Å²) >= 11 is 0. The highest BCUT2D eigenvalue weighted by Gasteiger charge is 2.57. The number of carbonyl (C=O) groups is 1. The van der Waals surface area contributed by atoms with Crippen LogP contribution in [-0.2, 0) is 0 Å². The predicted molar refractivity (Wildman–Crippen MR) is 54.4 cm³/mol. The summed E-state index contributed by atoms with van der Waals surface area (Å²) in [4.78, 5) is 11.1. The number of hydrogen-bond acceptors (Lipinski definition) is 1. The average molecular weight is 322 g/mol.